The molecule has 3 rings (SSSR count). The number of nitrogens with zero attached hydrogens (tertiary/aromatic N) is 1. The highest BCUT2D eigenvalue weighted by molar-refractivity contribution is 5.95. The minimum Gasteiger partial charge on any atom is -0.493 e. The summed E-state index contributed by atoms with van der Waals surface area (Å²) in [6.07, 6.45) is 0.841. The molecule has 2 aromatic carbocycles. The van der Waals surface area contributed by atoms with Gasteiger partial charge in [0.2, 0.25) is 0 Å². The van der Waals surface area contributed by atoms with Crippen LogP contribution in [-0.2, 0) is 22.4 Å². The molecular formula is C29H41N3O5. The van der Waals surface area contributed by atoms with Gasteiger partial charge in [0.25, 0.3) is 5.91 Å². The molecule has 1 aliphatic rings. The van der Waals surface area contributed by atoms with Gasteiger partial charge in [-0.15, -0.1) is 0 Å². The van der Waals surface area contributed by atoms with Gasteiger partial charge in [-0.25, -0.2) is 4.79 Å². The summed E-state index contributed by atoms with van der Waals surface area (Å²) in [5, 5.41) is 6.13. The van der Waals surface area contributed by atoms with E-state index in [1.807, 2.05) is 67.3 Å². The highest BCUT2D eigenvalue weighted by Crippen LogP contribution is 2.24. The zero-order valence-corrected chi connectivity index (χ0v) is 22.5. The highest BCUT2D eigenvalue weighted by Gasteiger charge is 2.34. The van der Waals surface area contributed by atoms with Gasteiger partial charge in [0, 0.05) is 63.8 Å². The topological polar surface area (TPSA) is 89.1 Å². The number of carbonyl (C=O) groups is 2. The third kappa shape index (κ3) is 8.47. The van der Waals surface area contributed by atoms with Crippen molar-refractivity contribution >= 4 is 12.0 Å². The first-order chi connectivity index (χ1) is 17.9. The molecule has 0 aromatic heterocycles. The molecule has 0 spiro atoms. The number of benzene rings is 2. The van der Waals surface area contributed by atoms with Crippen LogP contribution in [0.4, 0.5) is 4.79 Å². The van der Waals surface area contributed by atoms with Crippen LogP contribution in [0.3, 0.4) is 0 Å². The molecule has 0 saturated carbocycles. The fraction of sp³-hybridized carbons (Fsp3) is 0.517. The van der Waals surface area contributed by atoms with Crippen LogP contribution in [0.25, 0.3) is 0 Å². The van der Waals surface area contributed by atoms with Crippen LogP contribution in [-0.4, -0.2) is 69.0 Å². The van der Waals surface area contributed by atoms with Crippen molar-refractivity contribution in [1.29, 1.82) is 0 Å². The van der Waals surface area contributed by atoms with E-state index in [9.17, 15) is 9.59 Å². The normalized spacial score (nSPS) is 17.0. The average Bonchev–Trinajstić information content (AvgIpc) is 3.34. The van der Waals surface area contributed by atoms with Gasteiger partial charge in [-0.05, 0) is 43.5 Å². The molecule has 37 heavy (non-hydrogen) atoms. The fourth-order valence-electron chi connectivity index (χ4n) is 4.42. The third-order valence-electron chi connectivity index (χ3n) is 6.58. The number of carbonyl (C=O) groups excluding carboxylic acids is 2. The zero-order valence-electron chi connectivity index (χ0n) is 22.5. The fourth-order valence-corrected chi connectivity index (χ4v) is 4.42. The zero-order chi connectivity index (χ0) is 26.6. The molecule has 0 unspecified atom stereocenters. The van der Waals surface area contributed by atoms with E-state index in [4.69, 9.17) is 14.2 Å². The number of nitrogens with one attached hydrogen (secondary N) is 2. The van der Waals surface area contributed by atoms with E-state index in [-0.39, 0.29) is 24.0 Å². The molecular weight excluding hydrogens is 470 g/mol. The van der Waals surface area contributed by atoms with Crippen molar-refractivity contribution in [1.82, 2.24) is 15.5 Å². The second-order valence-electron chi connectivity index (χ2n) is 9.62. The van der Waals surface area contributed by atoms with Crippen molar-refractivity contribution in [2.75, 3.05) is 40.0 Å². The van der Waals surface area contributed by atoms with Crippen molar-refractivity contribution in [2.45, 2.75) is 52.3 Å². The number of rotatable bonds is 13. The van der Waals surface area contributed by atoms with Crippen molar-refractivity contribution in [2.24, 2.45) is 5.92 Å². The van der Waals surface area contributed by atoms with Crippen LogP contribution >= 0.6 is 0 Å². The maximum absolute atomic E-state index is 13.6. The molecule has 1 heterocycles. The van der Waals surface area contributed by atoms with Crippen LogP contribution in [0.15, 0.2) is 48.5 Å². The molecule has 1 aliphatic heterocycles. The molecule has 0 radical (unpaired) electrons. The quantitative estimate of drug-likeness (QED) is 0.395. The smallest absolute Gasteiger partial charge is 0.407 e. The Morgan fingerprint density at radius 2 is 1.89 bits per heavy atom. The van der Waals surface area contributed by atoms with Gasteiger partial charge < -0.3 is 29.7 Å². The standard InChI is InChI=1S/C29H41N3O5/c1-5-23-12-13-24(16-26(23)36-15-9-14-35-4)28(33)32(21(2)3)20-25-18-30-19-27(25)37-29(34)31-17-22-10-7-6-8-11-22/h6-8,10-13,16,21,25,27,30H,5,9,14-15,17-20H2,1-4H3,(H,31,34)/t25-,27+/m0/s1. The molecule has 8 heteroatoms. The van der Waals surface area contributed by atoms with E-state index >= 15 is 0 Å². The summed E-state index contributed by atoms with van der Waals surface area (Å²) >= 11 is 0. The van der Waals surface area contributed by atoms with Gasteiger partial charge in [-0.1, -0.05) is 43.3 Å². The average molecular weight is 512 g/mol. The van der Waals surface area contributed by atoms with E-state index in [0.717, 1.165) is 29.7 Å². The third-order valence-corrected chi connectivity index (χ3v) is 6.58. The number of alkyl carbamates (subject to hydrolysis) is 1. The van der Waals surface area contributed by atoms with Crippen molar-refractivity contribution in [3.05, 3.63) is 65.2 Å². The van der Waals surface area contributed by atoms with Crippen molar-refractivity contribution in [3.63, 3.8) is 0 Å². The second kappa shape index (κ2) is 14.6. The van der Waals surface area contributed by atoms with Gasteiger partial charge >= 0.3 is 6.09 Å². The molecule has 1 fully saturated rings. The van der Waals surface area contributed by atoms with Gasteiger partial charge in [0.05, 0.1) is 6.61 Å². The SMILES string of the molecule is CCc1ccc(C(=O)N(C[C@@H]2CNC[C@H]2OC(=O)NCc2ccccc2)C(C)C)cc1OCCCOC. The molecule has 202 valence electrons. The molecule has 1 saturated heterocycles. The lowest BCUT2D eigenvalue weighted by Crippen LogP contribution is -2.44. The Balaban J connectivity index is 1.63. The van der Waals surface area contributed by atoms with E-state index in [2.05, 4.69) is 17.6 Å². The van der Waals surface area contributed by atoms with Gasteiger partial charge in [-0.3, -0.25) is 4.79 Å². The first kappa shape index (κ1) is 28.5. The Labute approximate surface area is 220 Å². The van der Waals surface area contributed by atoms with Crippen LogP contribution < -0.4 is 15.4 Å². The monoisotopic (exact) mass is 511 g/mol. The molecule has 2 amide bonds. The van der Waals surface area contributed by atoms with E-state index < -0.39 is 6.09 Å². The minimum absolute atomic E-state index is 0.00601. The Hall–Kier alpha value is -3.10. The first-order valence-corrected chi connectivity index (χ1v) is 13.2. The second-order valence-corrected chi connectivity index (χ2v) is 9.62. The maximum Gasteiger partial charge on any atom is 0.407 e. The number of ether oxygens (including phenoxy) is 3. The predicted molar refractivity (Wildman–Crippen MR) is 144 cm³/mol. The number of methoxy groups -OCH3 is 1. The summed E-state index contributed by atoms with van der Waals surface area (Å²) in [6, 6.07) is 15.4. The lowest BCUT2D eigenvalue weighted by Gasteiger charge is -2.31. The van der Waals surface area contributed by atoms with Gasteiger partial charge in [-0.2, -0.15) is 0 Å². The predicted octanol–water partition coefficient (Wildman–Crippen LogP) is 4.03. The van der Waals surface area contributed by atoms with Gasteiger partial charge in [0.1, 0.15) is 11.9 Å². The van der Waals surface area contributed by atoms with Gasteiger partial charge in [0.15, 0.2) is 0 Å². The maximum atomic E-state index is 13.6. The molecule has 0 aliphatic carbocycles. The number of hydrogen-bond donors (Lipinski definition) is 2. The molecule has 0 bridgehead atoms. The summed E-state index contributed by atoms with van der Waals surface area (Å²) in [5.74, 6) is 0.680. The first-order valence-electron chi connectivity index (χ1n) is 13.2. The Morgan fingerprint density at radius 3 is 2.59 bits per heavy atom. The van der Waals surface area contributed by atoms with Crippen molar-refractivity contribution in [3.8, 4) is 5.75 Å². The van der Waals surface area contributed by atoms with E-state index in [1.165, 1.54) is 0 Å². The molecule has 2 aromatic rings. The Kier molecular flexibility index (Phi) is 11.2. The molecule has 2 atom stereocenters. The van der Waals surface area contributed by atoms with E-state index in [1.54, 1.807) is 7.11 Å². The summed E-state index contributed by atoms with van der Waals surface area (Å²) in [4.78, 5) is 27.9. The number of hydrogen-bond acceptors (Lipinski definition) is 6. The lowest BCUT2D eigenvalue weighted by molar-refractivity contribution is 0.0521. The lowest BCUT2D eigenvalue weighted by atomic mass is 10.0. The van der Waals surface area contributed by atoms with Crippen LogP contribution in [0.5, 0.6) is 5.75 Å². The van der Waals surface area contributed by atoms with Crippen LogP contribution in [0.2, 0.25) is 0 Å². The summed E-state index contributed by atoms with van der Waals surface area (Å²) in [5.41, 5.74) is 2.67. The Morgan fingerprint density at radius 1 is 1.11 bits per heavy atom. The van der Waals surface area contributed by atoms with Crippen LogP contribution in [0.1, 0.15) is 48.7 Å². The van der Waals surface area contributed by atoms with Crippen molar-refractivity contribution < 1.29 is 23.8 Å². The number of aryl methyl sites for hydroxylation is 1. The summed E-state index contributed by atoms with van der Waals surface area (Å²) in [6.45, 7) is 9.38. The summed E-state index contributed by atoms with van der Waals surface area (Å²) < 4.78 is 16.8. The minimum atomic E-state index is -0.449. The molecule has 8 nitrogen and oxygen atoms in total. The highest BCUT2D eigenvalue weighted by atomic mass is 16.6. The Bertz CT molecular complexity index is 998. The largest absolute Gasteiger partial charge is 0.493 e. The van der Waals surface area contributed by atoms with Crippen LogP contribution in [0, 0.1) is 5.92 Å². The molecule has 2 N–H and O–H groups in total. The number of amides is 2. The summed E-state index contributed by atoms with van der Waals surface area (Å²) in [7, 11) is 1.67. The van der Waals surface area contributed by atoms with E-state index in [0.29, 0.717) is 45.0 Å².